The van der Waals surface area contributed by atoms with Gasteiger partial charge in [-0.2, -0.15) is 4.98 Å². The van der Waals surface area contributed by atoms with Crippen LogP contribution in [0.15, 0.2) is 34.7 Å². The Labute approximate surface area is 216 Å². The van der Waals surface area contributed by atoms with Crippen LogP contribution in [0.4, 0.5) is 11.8 Å². The molecule has 0 spiro atoms. The molecule has 3 heterocycles. The number of carbonyl (C=O) groups excluding carboxylic acids is 2. The minimum Gasteiger partial charge on any atom is -0.467 e. The van der Waals surface area contributed by atoms with Crippen LogP contribution >= 0.6 is 0 Å². The van der Waals surface area contributed by atoms with E-state index in [-0.39, 0.29) is 11.9 Å². The zero-order chi connectivity index (χ0) is 25.6. The summed E-state index contributed by atoms with van der Waals surface area (Å²) in [5, 5.41) is 9.35. The largest absolute Gasteiger partial charge is 0.467 e. The minimum atomic E-state index is -0.678. The maximum absolute atomic E-state index is 12.4. The van der Waals surface area contributed by atoms with Crippen LogP contribution in [-0.2, 0) is 27.2 Å². The molecular weight excluding hydrogens is 470 g/mol. The number of esters is 1. The number of methoxy groups -OCH3 is 1. The fourth-order valence-electron chi connectivity index (χ4n) is 4.88. The summed E-state index contributed by atoms with van der Waals surface area (Å²) in [4.78, 5) is 34.0. The number of carbonyl (C=O) groups is 2. The number of hydrogen-bond donors (Lipinski definition) is 3. The van der Waals surface area contributed by atoms with Gasteiger partial charge >= 0.3 is 5.97 Å². The third-order valence-electron chi connectivity index (χ3n) is 7.05. The summed E-state index contributed by atoms with van der Waals surface area (Å²) in [6.07, 6.45) is 8.21. The van der Waals surface area contributed by atoms with Crippen LogP contribution in [-0.4, -0.2) is 48.1 Å². The van der Waals surface area contributed by atoms with Crippen LogP contribution in [0, 0.1) is 0 Å². The first-order valence-corrected chi connectivity index (χ1v) is 13.3. The highest BCUT2D eigenvalue weighted by atomic mass is 16.5. The number of rotatable bonds is 12. The van der Waals surface area contributed by atoms with E-state index in [9.17, 15) is 9.59 Å². The van der Waals surface area contributed by atoms with Gasteiger partial charge in [-0.25, -0.2) is 9.78 Å². The number of ether oxygens (including phenoxy) is 1. The number of hydrogen-bond acceptors (Lipinski definition) is 8. The van der Waals surface area contributed by atoms with Crippen molar-refractivity contribution in [2.45, 2.75) is 69.7 Å². The third-order valence-corrected chi connectivity index (χ3v) is 7.05. The van der Waals surface area contributed by atoms with E-state index in [0.29, 0.717) is 36.4 Å². The van der Waals surface area contributed by atoms with Gasteiger partial charge in [-0.3, -0.25) is 4.79 Å². The van der Waals surface area contributed by atoms with Crippen molar-refractivity contribution < 1.29 is 18.7 Å². The van der Waals surface area contributed by atoms with Crippen LogP contribution in [0.1, 0.15) is 67.7 Å². The van der Waals surface area contributed by atoms with Gasteiger partial charge in [0.15, 0.2) is 5.58 Å². The molecule has 9 nitrogen and oxygen atoms in total. The second-order valence-electron chi connectivity index (χ2n) is 9.89. The first-order chi connectivity index (χ1) is 18.1. The molecule has 0 radical (unpaired) electrons. The number of aryl methyl sites for hydroxylation is 2. The van der Waals surface area contributed by atoms with Gasteiger partial charge in [-0.15, -0.1) is 0 Å². The van der Waals surface area contributed by atoms with Gasteiger partial charge in [0.25, 0.3) is 6.01 Å². The number of aromatic nitrogens is 2. The van der Waals surface area contributed by atoms with E-state index in [0.717, 1.165) is 38.0 Å². The lowest BCUT2D eigenvalue weighted by molar-refractivity contribution is -0.141. The summed E-state index contributed by atoms with van der Waals surface area (Å²) in [5.74, 6) is 1.27. The SMILES string of the molecule is COC(=O)C(CCNC(=O)CCCCc1nc2c(cc1C1CC1)CCCN2)Nc1nc2ccccc2o1. The molecule has 1 saturated carbocycles. The molecule has 2 aliphatic rings. The van der Waals surface area contributed by atoms with E-state index in [1.165, 1.54) is 43.2 Å². The molecule has 5 rings (SSSR count). The molecule has 9 heteroatoms. The van der Waals surface area contributed by atoms with E-state index < -0.39 is 12.0 Å². The Hall–Kier alpha value is -3.62. The van der Waals surface area contributed by atoms with Crippen molar-refractivity contribution in [2.75, 3.05) is 30.8 Å². The van der Waals surface area contributed by atoms with Crippen molar-refractivity contribution in [3.8, 4) is 0 Å². The monoisotopic (exact) mass is 505 g/mol. The standard InChI is InChI=1S/C28H35N5O4/c1-36-27(35)23(33-28-32-22-9-2-4-10-24(22)37-28)14-16-29-25(34)11-5-3-8-21-20(18-12-13-18)17-19-7-6-15-30-26(19)31-21/h2,4,9-10,17-18,23H,3,5-8,11-16H2,1H3,(H,29,34)(H,30,31)(H,32,33). The Bertz CT molecular complexity index is 1220. The number of benzene rings is 1. The zero-order valence-corrected chi connectivity index (χ0v) is 21.3. The van der Waals surface area contributed by atoms with Crippen LogP contribution in [0.2, 0.25) is 0 Å². The number of nitrogens with zero attached hydrogens (tertiary/aromatic N) is 2. The van der Waals surface area contributed by atoms with E-state index in [1.807, 2.05) is 24.3 Å². The van der Waals surface area contributed by atoms with Crippen molar-refractivity contribution >= 4 is 34.8 Å². The number of oxazole rings is 1. The molecule has 1 aromatic carbocycles. The molecular formula is C28H35N5O4. The van der Waals surface area contributed by atoms with E-state index in [1.54, 1.807) is 0 Å². The quantitative estimate of drug-likeness (QED) is 0.246. The number of para-hydroxylation sites is 2. The van der Waals surface area contributed by atoms with Gasteiger partial charge < -0.3 is 25.1 Å². The number of nitrogens with one attached hydrogen (secondary N) is 3. The Morgan fingerprint density at radius 3 is 2.89 bits per heavy atom. The Kier molecular flexibility index (Phi) is 7.87. The molecule has 3 aromatic rings. The lowest BCUT2D eigenvalue weighted by atomic mass is 9.98. The second kappa shape index (κ2) is 11.6. The molecule has 0 saturated heterocycles. The molecule has 1 fully saturated rings. The lowest BCUT2D eigenvalue weighted by Crippen LogP contribution is -2.35. The molecule has 1 aliphatic carbocycles. The van der Waals surface area contributed by atoms with Gasteiger partial charge in [0.2, 0.25) is 5.91 Å². The van der Waals surface area contributed by atoms with Crippen LogP contribution in [0.25, 0.3) is 11.1 Å². The summed E-state index contributed by atoms with van der Waals surface area (Å²) >= 11 is 0. The van der Waals surface area contributed by atoms with Gasteiger partial charge in [-0.05, 0) is 80.5 Å². The van der Waals surface area contributed by atoms with E-state index >= 15 is 0 Å². The fraction of sp³-hybridized carbons (Fsp3) is 0.500. The number of pyridine rings is 1. The average molecular weight is 506 g/mol. The summed E-state index contributed by atoms with van der Waals surface area (Å²) in [5.41, 5.74) is 5.31. The molecule has 2 aromatic heterocycles. The maximum Gasteiger partial charge on any atom is 0.328 e. The van der Waals surface area contributed by atoms with E-state index in [4.69, 9.17) is 14.1 Å². The molecule has 1 atom stereocenters. The summed E-state index contributed by atoms with van der Waals surface area (Å²) in [7, 11) is 1.34. The Morgan fingerprint density at radius 2 is 2.08 bits per heavy atom. The van der Waals surface area contributed by atoms with Crippen molar-refractivity contribution in [2.24, 2.45) is 0 Å². The average Bonchev–Trinajstić information content (AvgIpc) is 3.68. The summed E-state index contributed by atoms with van der Waals surface area (Å²) in [6, 6.07) is 9.32. The molecule has 196 valence electrons. The van der Waals surface area contributed by atoms with Crippen molar-refractivity contribution in [3.63, 3.8) is 0 Å². The first-order valence-electron chi connectivity index (χ1n) is 13.3. The fourth-order valence-corrected chi connectivity index (χ4v) is 4.88. The predicted octanol–water partition coefficient (Wildman–Crippen LogP) is 4.33. The number of fused-ring (bicyclic) bond motifs is 2. The number of anilines is 2. The molecule has 3 N–H and O–H groups in total. The third kappa shape index (κ3) is 6.39. The Balaban J connectivity index is 1.06. The zero-order valence-electron chi connectivity index (χ0n) is 21.3. The van der Waals surface area contributed by atoms with Crippen LogP contribution < -0.4 is 16.0 Å². The highest BCUT2D eigenvalue weighted by Crippen LogP contribution is 2.43. The summed E-state index contributed by atoms with van der Waals surface area (Å²) in [6.45, 7) is 1.33. The van der Waals surface area contributed by atoms with Gasteiger partial charge in [0.1, 0.15) is 17.4 Å². The first kappa shape index (κ1) is 25.0. The normalized spacial score (nSPS) is 15.5. The summed E-state index contributed by atoms with van der Waals surface area (Å²) < 4.78 is 10.6. The number of amides is 1. The minimum absolute atomic E-state index is 0.0204. The molecule has 1 aliphatic heterocycles. The lowest BCUT2D eigenvalue weighted by Gasteiger charge is -2.20. The molecule has 0 bridgehead atoms. The highest BCUT2D eigenvalue weighted by Gasteiger charge is 2.28. The highest BCUT2D eigenvalue weighted by molar-refractivity contribution is 5.80. The van der Waals surface area contributed by atoms with Crippen molar-refractivity contribution in [3.05, 3.63) is 47.2 Å². The topological polar surface area (TPSA) is 118 Å². The Morgan fingerprint density at radius 1 is 1.22 bits per heavy atom. The second-order valence-corrected chi connectivity index (χ2v) is 9.89. The smallest absolute Gasteiger partial charge is 0.328 e. The van der Waals surface area contributed by atoms with Gasteiger partial charge in [0, 0.05) is 25.2 Å². The predicted molar refractivity (Wildman–Crippen MR) is 142 cm³/mol. The molecule has 1 unspecified atom stereocenters. The van der Waals surface area contributed by atoms with E-state index in [2.05, 4.69) is 27.0 Å². The van der Waals surface area contributed by atoms with Gasteiger partial charge in [-0.1, -0.05) is 18.2 Å². The van der Waals surface area contributed by atoms with Crippen LogP contribution in [0.3, 0.4) is 0 Å². The molecule has 1 amide bonds. The number of unbranched alkanes of at least 4 members (excludes halogenated alkanes) is 1. The maximum atomic E-state index is 12.4. The van der Waals surface area contributed by atoms with Crippen molar-refractivity contribution in [1.29, 1.82) is 0 Å². The van der Waals surface area contributed by atoms with Crippen LogP contribution in [0.5, 0.6) is 0 Å². The van der Waals surface area contributed by atoms with Gasteiger partial charge in [0.05, 0.1) is 7.11 Å². The van der Waals surface area contributed by atoms with Crippen molar-refractivity contribution in [1.82, 2.24) is 15.3 Å². The molecule has 37 heavy (non-hydrogen) atoms.